The molecule has 130 valence electrons. The van der Waals surface area contributed by atoms with Gasteiger partial charge in [0.25, 0.3) is 0 Å². The maximum Gasteiger partial charge on any atom is 0.193 e. The van der Waals surface area contributed by atoms with E-state index < -0.39 is 0 Å². The van der Waals surface area contributed by atoms with E-state index in [4.69, 9.17) is 4.74 Å². The fraction of sp³-hybridized carbons (Fsp3) is 0.812. The Hall–Kier alpha value is -0.340. The van der Waals surface area contributed by atoms with Crippen LogP contribution in [-0.2, 0) is 4.74 Å². The maximum atomic E-state index is 5.36. The van der Waals surface area contributed by atoms with E-state index >= 15 is 0 Å². The van der Waals surface area contributed by atoms with Crippen molar-refractivity contribution in [2.45, 2.75) is 25.7 Å². The molecule has 6 heteroatoms. The molecule has 0 saturated carbocycles. The Kier molecular flexibility index (Phi) is 14.0. The summed E-state index contributed by atoms with van der Waals surface area (Å²) < 4.78 is 5.36. The van der Waals surface area contributed by atoms with Crippen molar-refractivity contribution in [3.05, 3.63) is 12.7 Å². The highest BCUT2D eigenvalue weighted by molar-refractivity contribution is 14.0. The van der Waals surface area contributed by atoms with Crippen LogP contribution in [0.5, 0.6) is 0 Å². The third-order valence-corrected chi connectivity index (χ3v) is 3.76. The number of allylic oxidation sites excluding steroid dienone is 1. The number of nitrogens with zero attached hydrogens (tertiary/aromatic N) is 3. The molecule has 1 fully saturated rings. The van der Waals surface area contributed by atoms with Gasteiger partial charge in [0.05, 0.1) is 13.2 Å². The summed E-state index contributed by atoms with van der Waals surface area (Å²) in [6.07, 6.45) is 6.55. The molecule has 0 bridgehead atoms. The number of nitrogens with one attached hydrogen (secondary N) is 1. The lowest BCUT2D eigenvalue weighted by Crippen LogP contribution is -2.40. The van der Waals surface area contributed by atoms with Crippen molar-refractivity contribution in [2.75, 3.05) is 60.0 Å². The summed E-state index contributed by atoms with van der Waals surface area (Å²) >= 11 is 0. The largest absolute Gasteiger partial charge is 0.379 e. The van der Waals surface area contributed by atoms with E-state index in [1.54, 1.807) is 0 Å². The Bertz CT molecular complexity index is 307. The molecule has 0 spiro atoms. The summed E-state index contributed by atoms with van der Waals surface area (Å²) in [4.78, 5) is 9.00. The van der Waals surface area contributed by atoms with Gasteiger partial charge in [-0.25, -0.2) is 0 Å². The van der Waals surface area contributed by atoms with Crippen LogP contribution in [0.3, 0.4) is 0 Å². The maximum absolute atomic E-state index is 5.36. The lowest BCUT2D eigenvalue weighted by atomic mass is 10.2. The zero-order valence-corrected chi connectivity index (χ0v) is 16.6. The third kappa shape index (κ3) is 9.63. The molecule has 0 radical (unpaired) electrons. The van der Waals surface area contributed by atoms with E-state index in [1.807, 2.05) is 13.1 Å². The number of hydrogen-bond donors (Lipinski definition) is 1. The van der Waals surface area contributed by atoms with Crippen LogP contribution >= 0.6 is 24.0 Å². The topological polar surface area (TPSA) is 40.1 Å². The van der Waals surface area contributed by atoms with Crippen molar-refractivity contribution in [2.24, 2.45) is 4.99 Å². The molecule has 0 aromatic heterocycles. The number of aliphatic imine (C=N–C) groups is 1. The normalized spacial score (nSPS) is 16.0. The van der Waals surface area contributed by atoms with Gasteiger partial charge in [0.1, 0.15) is 0 Å². The van der Waals surface area contributed by atoms with E-state index in [2.05, 4.69) is 33.7 Å². The molecule has 22 heavy (non-hydrogen) atoms. The second kappa shape index (κ2) is 14.3. The number of hydrogen-bond acceptors (Lipinski definition) is 3. The van der Waals surface area contributed by atoms with Gasteiger partial charge in [-0.15, -0.1) is 30.6 Å². The third-order valence-electron chi connectivity index (χ3n) is 3.76. The SMILES string of the molecule is C=CCCCN(C)C(=NC)NCCCCN1CCOCC1.I. The Morgan fingerprint density at radius 3 is 2.68 bits per heavy atom. The van der Waals surface area contributed by atoms with Crippen LogP contribution < -0.4 is 5.32 Å². The number of guanidine groups is 1. The summed E-state index contributed by atoms with van der Waals surface area (Å²) in [7, 11) is 3.94. The second-order valence-electron chi connectivity index (χ2n) is 5.49. The highest BCUT2D eigenvalue weighted by Gasteiger charge is 2.09. The zero-order valence-electron chi connectivity index (χ0n) is 14.2. The molecule has 1 rings (SSSR count). The quantitative estimate of drug-likeness (QED) is 0.203. The molecule has 1 N–H and O–H groups in total. The van der Waals surface area contributed by atoms with Gasteiger partial charge in [-0.1, -0.05) is 6.08 Å². The summed E-state index contributed by atoms with van der Waals surface area (Å²) in [6, 6.07) is 0. The number of halogens is 1. The second-order valence-corrected chi connectivity index (χ2v) is 5.49. The van der Waals surface area contributed by atoms with Crippen molar-refractivity contribution in [3.63, 3.8) is 0 Å². The van der Waals surface area contributed by atoms with E-state index in [-0.39, 0.29) is 24.0 Å². The molecule has 5 nitrogen and oxygen atoms in total. The molecule has 0 aromatic rings. The summed E-state index contributed by atoms with van der Waals surface area (Å²) in [5.74, 6) is 0.991. The molecule has 0 aliphatic carbocycles. The molecule has 1 aliphatic heterocycles. The van der Waals surface area contributed by atoms with Crippen LogP contribution in [0, 0.1) is 0 Å². The minimum absolute atomic E-state index is 0. The molecule has 1 saturated heterocycles. The zero-order chi connectivity index (χ0) is 15.3. The van der Waals surface area contributed by atoms with Gasteiger partial charge in [-0.05, 0) is 32.2 Å². The molecule has 0 amide bonds. The average molecular weight is 424 g/mol. The van der Waals surface area contributed by atoms with Gasteiger partial charge >= 0.3 is 0 Å². The van der Waals surface area contributed by atoms with Crippen LogP contribution in [-0.4, -0.2) is 75.8 Å². The van der Waals surface area contributed by atoms with E-state index in [0.29, 0.717) is 0 Å². The van der Waals surface area contributed by atoms with Crippen molar-refractivity contribution in [1.29, 1.82) is 0 Å². The summed E-state index contributed by atoms with van der Waals surface area (Å²) in [5, 5.41) is 3.44. The predicted octanol–water partition coefficient (Wildman–Crippen LogP) is 2.19. The monoisotopic (exact) mass is 424 g/mol. The van der Waals surface area contributed by atoms with Crippen LogP contribution in [0.4, 0.5) is 0 Å². The molecular formula is C16H33IN4O. The fourth-order valence-corrected chi connectivity index (χ4v) is 2.45. The summed E-state index contributed by atoms with van der Waals surface area (Å²) in [5.41, 5.74) is 0. The van der Waals surface area contributed by atoms with E-state index in [1.165, 1.54) is 19.4 Å². The minimum Gasteiger partial charge on any atom is -0.379 e. The number of ether oxygens (including phenoxy) is 1. The standard InChI is InChI=1S/C16H32N4O.HI/c1-4-5-7-10-19(3)16(17-2)18-9-6-8-11-20-12-14-21-15-13-20;/h4H,1,5-15H2,2-3H3,(H,17,18);1H. The Labute approximate surface area is 153 Å². The highest BCUT2D eigenvalue weighted by Crippen LogP contribution is 2.00. The molecule has 0 atom stereocenters. The molecule has 0 aromatic carbocycles. The molecule has 1 aliphatic rings. The molecular weight excluding hydrogens is 391 g/mol. The molecule has 1 heterocycles. The van der Waals surface area contributed by atoms with Gasteiger partial charge in [0.2, 0.25) is 0 Å². The van der Waals surface area contributed by atoms with Crippen LogP contribution in [0.15, 0.2) is 17.6 Å². The smallest absolute Gasteiger partial charge is 0.193 e. The van der Waals surface area contributed by atoms with E-state index in [0.717, 1.165) is 58.2 Å². The van der Waals surface area contributed by atoms with Gasteiger partial charge < -0.3 is 15.0 Å². The van der Waals surface area contributed by atoms with Gasteiger partial charge in [-0.3, -0.25) is 9.89 Å². The Morgan fingerprint density at radius 2 is 2.05 bits per heavy atom. The van der Waals surface area contributed by atoms with Crippen molar-refractivity contribution in [3.8, 4) is 0 Å². The van der Waals surface area contributed by atoms with Crippen molar-refractivity contribution < 1.29 is 4.74 Å². The first-order valence-electron chi connectivity index (χ1n) is 8.10. The average Bonchev–Trinajstić information content (AvgIpc) is 2.52. The van der Waals surface area contributed by atoms with Gasteiger partial charge in [0.15, 0.2) is 5.96 Å². The molecule has 0 unspecified atom stereocenters. The lowest BCUT2D eigenvalue weighted by molar-refractivity contribution is 0.0372. The van der Waals surface area contributed by atoms with Crippen LogP contribution in [0.25, 0.3) is 0 Å². The minimum atomic E-state index is 0. The first-order chi connectivity index (χ1) is 10.3. The van der Waals surface area contributed by atoms with E-state index in [9.17, 15) is 0 Å². The van der Waals surface area contributed by atoms with Crippen LogP contribution in [0.1, 0.15) is 25.7 Å². The van der Waals surface area contributed by atoms with Gasteiger partial charge in [0, 0.05) is 40.3 Å². The first-order valence-corrected chi connectivity index (χ1v) is 8.10. The Morgan fingerprint density at radius 1 is 1.32 bits per heavy atom. The van der Waals surface area contributed by atoms with Crippen LogP contribution in [0.2, 0.25) is 0 Å². The predicted molar refractivity (Wildman–Crippen MR) is 105 cm³/mol. The lowest BCUT2D eigenvalue weighted by Gasteiger charge is -2.26. The Balaban J connectivity index is 0.00000441. The van der Waals surface area contributed by atoms with Gasteiger partial charge in [-0.2, -0.15) is 0 Å². The van der Waals surface area contributed by atoms with Crippen molar-refractivity contribution >= 4 is 29.9 Å². The summed E-state index contributed by atoms with van der Waals surface area (Å²) in [6.45, 7) is 10.9. The number of morpholine rings is 1. The number of unbranched alkanes of at least 4 members (excludes halogenated alkanes) is 2. The first kappa shape index (κ1) is 21.7. The van der Waals surface area contributed by atoms with Crippen molar-refractivity contribution in [1.82, 2.24) is 15.1 Å². The number of rotatable bonds is 9. The fourth-order valence-electron chi connectivity index (χ4n) is 2.45. The highest BCUT2D eigenvalue weighted by atomic mass is 127.